The number of amides is 1. The molecule has 1 aliphatic heterocycles. The van der Waals surface area contributed by atoms with Crippen molar-refractivity contribution in [2.45, 2.75) is 76.2 Å². The number of likely N-dealkylation sites (tertiary alicyclic amines) is 1. The predicted molar refractivity (Wildman–Crippen MR) is 118 cm³/mol. The van der Waals surface area contributed by atoms with Crippen molar-refractivity contribution in [2.75, 3.05) is 20.1 Å². The van der Waals surface area contributed by atoms with Crippen molar-refractivity contribution in [3.63, 3.8) is 0 Å². The Bertz CT molecular complexity index is 880. The van der Waals surface area contributed by atoms with Crippen molar-refractivity contribution in [3.8, 4) is 0 Å². The van der Waals surface area contributed by atoms with Gasteiger partial charge in [0.25, 0.3) is 0 Å². The van der Waals surface area contributed by atoms with Gasteiger partial charge in [0.2, 0.25) is 15.9 Å². The summed E-state index contributed by atoms with van der Waals surface area (Å²) in [6, 6.07) is 2.74. The highest BCUT2D eigenvalue weighted by atomic mass is 32.2. The predicted octanol–water partition coefficient (Wildman–Crippen LogP) is 3.73. The Morgan fingerprint density at radius 3 is 2.25 bits per heavy atom. The summed E-state index contributed by atoms with van der Waals surface area (Å²) in [5.41, 5.74) is -0.994. The van der Waals surface area contributed by atoms with Gasteiger partial charge in [-0.1, -0.05) is 19.9 Å². The van der Waals surface area contributed by atoms with Crippen LogP contribution in [0.5, 0.6) is 0 Å². The van der Waals surface area contributed by atoms with Gasteiger partial charge in [0.05, 0.1) is 16.5 Å². The van der Waals surface area contributed by atoms with Crippen molar-refractivity contribution < 1.29 is 26.4 Å². The minimum Gasteiger partial charge on any atom is -0.341 e. The number of rotatable bonds is 8. The molecule has 1 unspecified atom stereocenters. The summed E-state index contributed by atoms with van der Waals surface area (Å²) in [7, 11) is -2.39. The third-order valence-electron chi connectivity index (χ3n) is 5.74. The lowest BCUT2D eigenvalue weighted by Gasteiger charge is -2.40. The Morgan fingerprint density at radius 2 is 1.78 bits per heavy atom. The van der Waals surface area contributed by atoms with Gasteiger partial charge in [0.15, 0.2) is 0 Å². The van der Waals surface area contributed by atoms with Crippen LogP contribution in [0.2, 0.25) is 0 Å². The molecule has 1 aliphatic rings. The van der Waals surface area contributed by atoms with Crippen molar-refractivity contribution in [1.82, 2.24) is 14.5 Å². The number of sulfonamides is 1. The largest absolute Gasteiger partial charge is 0.416 e. The number of hydrogen-bond donors (Lipinski definition) is 1. The molecular weight excluding hydrogens is 443 g/mol. The van der Waals surface area contributed by atoms with Crippen molar-refractivity contribution in [2.24, 2.45) is 5.92 Å². The minimum absolute atomic E-state index is 0.00326. The van der Waals surface area contributed by atoms with Crippen molar-refractivity contribution in [3.05, 3.63) is 29.8 Å². The molecule has 182 valence electrons. The lowest BCUT2D eigenvalue weighted by atomic mass is 9.99. The monoisotopic (exact) mass is 477 g/mol. The van der Waals surface area contributed by atoms with E-state index in [0.29, 0.717) is 44.3 Å². The van der Waals surface area contributed by atoms with Gasteiger partial charge < -0.3 is 10.2 Å². The van der Waals surface area contributed by atoms with E-state index in [0.717, 1.165) is 12.1 Å². The molecule has 1 aromatic carbocycles. The van der Waals surface area contributed by atoms with E-state index >= 15 is 0 Å². The van der Waals surface area contributed by atoms with Crippen LogP contribution in [0, 0.1) is 5.92 Å². The average molecular weight is 478 g/mol. The van der Waals surface area contributed by atoms with Crippen LogP contribution in [0.15, 0.2) is 29.2 Å². The normalized spacial score (nSPS) is 17.4. The minimum atomic E-state index is -4.63. The average Bonchev–Trinajstić information content (AvgIpc) is 2.71. The highest BCUT2D eigenvalue weighted by Crippen LogP contribution is 2.33. The molecule has 6 nitrogen and oxygen atoms in total. The first-order chi connectivity index (χ1) is 14.8. The van der Waals surface area contributed by atoms with E-state index in [-0.39, 0.29) is 16.8 Å². The van der Waals surface area contributed by atoms with E-state index in [1.807, 2.05) is 13.8 Å². The molecule has 32 heavy (non-hydrogen) atoms. The fraction of sp³-hybridized carbons (Fsp3) is 0.682. The quantitative estimate of drug-likeness (QED) is 0.620. The summed E-state index contributed by atoms with van der Waals surface area (Å²) in [5, 5.41) is 3.06. The molecule has 0 radical (unpaired) electrons. The van der Waals surface area contributed by atoms with Crippen LogP contribution in [0.3, 0.4) is 0 Å². The molecule has 0 saturated carbocycles. The number of benzene rings is 1. The second kappa shape index (κ2) is 10.5. The lowest BCUT2D eigenvalue weighted by molar-refractivity contribution is -0.137. The van der Waals surface area contributed by atoms with E-state index in [1.54, 1.807) is 25.8 Å². The van der Waals surface area contributed by atoms with Crippen LogP contribution >= 0.6 is 0 Å². The number of halogens is 3. The van der Waals surface area contributed by atoms with E-state index < -0.39 is 33.8 Å². The summed E-state index contributed by atoms with van der Waals surface area (Å²) in [5.74, 6) is 0.347. The van der Waals surface area contributed by atoms with E-state index in [1.165, 1.54) is 10.4 Å². The molecule has 1 heterocycles. The SMILES string of the molecule is CNC(CC(C)C)C(=O)N1CCC(N(C(C)C)S(=O)(=O)c2cccc(C(F)(F)F)c2)CC1. The summed E-state index contributed by atoms with van der Waals surface area (Å²) in [4.78, 5) is 14.2. The molecule has 2 rings (SSSR count). The molecule has 10 heteroatoms. The Kier molecular flexibility index (Phi) is 8.75. The molecule has 0 aromatic heterocycles. The van der Waals surface area contributed by atoms with Crippen LogP contribution in [-0.4, -0.2) is 61.8 Å². The van der Waals surface area contributed by atoms with Gasteiger partial charge in [-0.15, -0.1) is 0 Å². The molecule has 1 amide bonds. The molecule has 1 atom stereocenters. The van der Waals surface area contributed by atoms with Gasteiger partial charge in [0.1, 0.15) is 0 Å². The highest BCUT2D eigenvalue weighted by molar-refractivity contribution is 7.89. The second-order valence-corrected chi connectivity index (χ2v) is 10.8. The van der Waals surface area contributed by atoms with E-state index in [4.69, 9.17) is 0 Å². The standard InChI is InChI=1S/C22H34F3N3O3S/c1-15(2)13-20(26-5)21(29)27-11-9-18(10-12-27)28(16(3)4)32(30,31)19-8-6-7-17(14-19)22(23,24)25/h6-8,14-16,18,20,26H,9-13H2,1-5H3. The zero-order valence-electron chi connectivity index (χ0n) is 19.3. The zero-order chi connectivity index (χ0) is 24.3. The fourth-order valence-corrected chi connectivity index (χ4v) is 6.15. The first-order valence-corrected chi connectivity index (χ1v) is 12.4. The van der Waals surface area contributed by atoms with Crippen molar-refractivity contribution in [1.29, 1.82) is 0 Å². The maximum absolute atomic E-state index is 13.3. The number of alkyl halides is 3. The third-order valence-corrected chi connectivity index (χ3v) is 7.86. The maximum atomic E-state index is 13.3. The number of hydrogen-bond acceptors (Lipinski definition) is 4. The van der Waals surface area contributed by atoms with Crippen LogP contribution < -0.4 is 5.32 Å². The van der Waals surface area contributed by atoms with E-state index in [2.05, 4.69) is 5.32 Å². The molecule has 0 aliphatic carbocycles. The molecule has 0 spiro atoms. The maximum Gasteiger partial charge on any atom is 0.416 e. The molecule has 1 saturated heterocycles. The topological polar surface area (TPSA) is 69.7 Å². The van der Waals surface area contributed by atoms with Gasteiger partial charge in [0, 0.05) is 25.2 Å². The Morgan fingerprint density at radius 1 is 1.19 bits per heavy atom. The Balaban J connectivity index is 2.20. The van der Waals surface area contributed by atoms with Gasteiger partial charge in [-0.2, -0.15) is 17.5 Å². The highest BCUT2D eigenvalue weighted by Gasteiger charge is 2.38. The molecule has 1 aromatic rings. The van der Waals surface area contributed by atoms with Crippen LogP contribution in [0.25, 0.3) is 0 Å². The van der Waals surface area contributed by atoms with Crippen LogP contribution in [-0.2, 0) is 21.0 Å². The Hall–Kier alpha value is -1.65. The second-order valence-electron chi connectivity index (χ2n) is 8.98. The van der Waals surface area contributed by atoms with Gasteiger partial charge >= 0.3 is 6.18 Å². The number of nitrogens with zero attached hydrogens (tertiary/aromatic N) is 2. The van der Waals surface area contributed by atoms with Gasteiger partial charge in [-0.05, 0) is 64.3 Å². The molecule has 1 fully saturated rings. The zero-order valence-corrected chi connectivity index (χ0v) is 20.1. The molecule has 0 bridgehead atoms. The van der Waals surface area contributed by atoms with E-state index in [9.17, 15) is 26.4 Å². The van der Waals surface area contributed by atoms with Crippen LogP contribution in [0.1, 0.15) is 52.5 Å². The Labute approximate surface area is 189 Å². The first-order valence-electron chi connectivity index (χ1n) is 11.0. The molecular formula is C22H34F3N3O3S. The van der Waals surface area contributed by atoms with Crippen molar-refractivity contribution >= 4 is 15.9 Å². The smallest absolute Gasteiger partial charge is 0.341 e. The number of carbonyl (C=O) groups excluding carboxylic acids is 1. The lowest BCUT2D eigenvalue weighted by Crippen LogP contribution is -2.54. The number of carbonyl (C=O) groups is 1. The van der Waals surface area contributed by atoms with Crippen LogP contribution in [0.4, 0.5) is 13.2 Å². The number of nitrogens with one attached hydrogen (secondary N) is 1. The number of piperidine rings is 1. The number of likely N-dealkylation sites (N-methyl/N-ethyl adjacent to an activating group) is 1. The summed E-state index contributed by atoms with van der Waals surface area (Å²) >= 11 is 0. The third kappa shape index (κ3) is 6.23. The summed E-state index contributed by atoms with van der Waals surface area (Å²) < 4.78 is 67.3. The fourth-order valence-electron chi connectivity index (χ4n) is 4.22. The summed E-state index contributed by atoms with van der Waals surface area (Å²) in [6.45, 7) is 8.32. The summed E-state index contributed by atoms with van der Waals surface area (Å²) in [6.07, 6.45) is -3.06. The molecule has 1 N–H and O–H groups in total. The van der Waals surface area contributed by atoms with Gasteiger partial charge in [-0.25, -0.2) is 8.42 Å². The van der Waals surface area contributed by atoms with Gasteiger partial charge in [-0.3, -0.25) is 4.79 Å². The first kappa shape index (κ1) is 26.6.